The monoisotopic (exact) mass is 443 g/mol. The topological polar surface area (TPSA) is 71.7 Å². The van der Waals surface area contributed by atoms with Gasteiger partial charge in [0.1, 0.15) is 23.9 Å². The summed E-state index contributed by atoms with van der Waals surface area (Å²) < 4.78 is 12.1. The van der Waals surface area contributed by atoms with Crippen molar-refractivity contribution in [3.63, 3.8) is 0 Å². The van der Waals surface area contributed by atoms with Crippen LogP contribution in [0.4, 0.5) is 5.69 Å². The largest absolute Gasteiger partial charge is 0.482 e. The van der Waals surface area contributed by atoms with Crippen molar-refractivity contribution in [2.45, 2.75) is 27.4 Å². The fraction of sp³-hybridized carbons (Fsp3) is 0.227. The van der Waals surface area contributed by atoms with Crippen LogP contribution in [0.15, 0.2) is 51.4 Å². The molecule has 0 bridgehead atoms. The first kappa shape index (κ1) is 20.2. The molecule has 0 aliphatic rings. The van der Waals surface area contributed by atoms with Crippen LogP contribution >= 0.6 is 15.9 Å². The Bertz CT molecular complexity index is 987. The molecule has 0 atom stereocenters. The van der Waals surface area contributed by atoms with Crippen LogP contribution in [0, 0.1) is 20.8 Å². The van der Waals surface area contributed by atoms with Gasteiger partial charge in [-0.2, -0.15) is 0 Å². The summed E-state index contributed by atoms with van der Waals surface area (Å²) in [5, 5.41) is 12.0. The maximum absolute atomic E-state index is 12.3. The third-order valence-corrected chi connectivity index (χ3v) is 4.90. The molecule has 0 radical (unpaired) electrons. The number of amides is 1. The summed E-state index contributed by atoms with van der Waals surface area (Å²) in [6.07, 6.45) is 0. The lowest BCUT2D eigenvalue weighted by atomic mass is 10.1. The van der Waals surface area contributed by atoms with E-state index in [1.54, 1.807) is 6.07 Å². The van der Waals surface area contributed by atoms with Crippen LogP contribution in [0.3, 0.4) is 0 Å². The van der Waals surface area contributed by atoms with E-state index in [4.69, 9.17) is 14.3 Å². The third-order valence-electron chi connectivity index (χ3n) is 4.31. The van der Waals surface area contributed by atoms with E-state index in [-0.39, 0.29) is 19.1 Å². The smallest absolute Gasteiger partial charge is 0.262 e. The van der Waals surface area contributed by atoms with Crippen LogP contribution < -0.4 is 10.1 Å². The maximum atomic E-state index is 12.3. The maximum Gasteiger partial charge on any atom is 0.262 e. The SMILES string of the molecule is Cc1cc(C)c(OCC(=O)Nc2ccc(-c3ccc(CO)o3)c(C)c2)c(Br)c1. The van der Waals surface area contributed by atoms with Gasteiger partial charge in [0, 0.05) is 11.3 Å². The van der Waals surface area contributed by atoms with Crippen molar-refractivity contribution >= 4 is 27.5 Å². The van der Waals surface area contributed by atoms with Gasteiger partial charge in [-0.25, -0.2) is 0 Å². The van der Waals surface area contributed by atoms with Gasteiger partial charge in [-0.1, -0.05) is 6.07 Å². The van der Waals surface area contributed by atoms with Gasteiger partial charge in [-0.3, -0.25) is 4.79 Å². The third kappa shape index (κ3) is 4.64. The van der Waals surface area contributed by atoms with Crippen LogP contribution in [-0.4, -0.2) is 17.6 Å². The highest BCUT2D eigenvalue weighted by molar-refractivity contribution is 9.10. The zero-order valence-electron chi connectivity index (χ0n) is 16.0. The van der Waals surface area contributed by atoms with Crippen molar-refractivity contribution in [3.8, 4) is 17.1 Å². The van der Waals surface area contributed by atoms with Gasteiger partial charge in [0.25, 0.3) is 5.91 Å². The molecule has 2 aromatic carbocycles. The van der Waals surface area contributed by atoms with Crippen LogP contribution in [-0.2, 0) is 11.4 Å². The molecule has 0 saturated carbocycles. The molecule has 146 valence electrons. The molecule has 1 heterocycles. The minimum absolute atomic E-state index is 0.0820. The van der Waals surface area contributed by atoms with E-state index >= 15 is 0 Å². The van der Waals surface area contributed by atoms with Gasteiger partial charge in [0.15, 0.2) is 6.61 Å². The van der Waals surface area contributed by atoms with Gasteiger partial charge in [0.05, 0.1) is 4.47 Å². The average molecular weight is 444 g/mol. The molecule has 5 nitrogen and oxygen atoms in total. The number of benzene rings is 2. The molecule has 0 saturated heterocycles. The first-order valence-corrected chi connectivity index (χ1v) is 9.66. The molecule has 28 heavy (non-hydrogen) atoms. The summed E-state index contributed by atoms with van der Waals surface area (Å²) in [4.78, 5) is 12.3. The summed E-state index contributed by atoms with van der Waals surface area (Å²) >= 11 is 3.48. The Labute approximate surface area is 172 Å². The Morgan fingerprint density at radius 3 is 2.54 bits per heavy atom. The normalized spacial score (nSPS) is 10.8. The minimum Gasteiger partial charge on any atom is -0.482 e. The number of halogens is 1. The molecule has 3 aromatic rings. The molecule has 3 rings (SSSR count). The van der Waals surface area contributed by atoms with E-state index < -0.39 is 0 Å². The molecule has 1 aromatic heterocycles. The molecule has 0 spiro atoms. The van der Waals surface area contributed by atoms with Crippen molar-refractivity contribution in [2.24, 2.45) is 0 Å². The van der Waals surface area contributed by atoms with Crippen molar-refractivity contribution in [1.82, 2.24) is 0 Å². The number of ether oxygens (including phenoxy) is 1. The molecular formula is C22H22BrNO4. The Morgan fingerprint density at radius 1 is 1.11 bits per heavy atom. The van der Waals surface area contributed by atoms with Gasteiger partial charge >= 0.3 is 0 Å². The van der Waals surface area contributed by atoms with E-state index in [0.29, 0.717) is 23.0 Å². The van der Waals surface area contributed by atoms with Gasteiger partial charge in [-0.15, -0.1) is 0 Å². The van der Waals surface area contributed by atoms with Crippen molar-refractivity contribution < 1.29 is 19.1 Å². The molecular weight excluding hydrogens is 422 g/mol. The summed E-state index contributed by atoms with van der Waals surface area (Å²) in [6.45, 7) is 5.68. The quantitative estimate of drug-likeness (QED) is 0.552. The van der Waals surface area contributed by atoms with Crippen molar-refractivity contribution in [2.75, 3.05) is 11.9 Å². The summed E-state index contributed by atoms with van der Waals surface area (Å²) in [6, 6.07) is 13.1. The van der Waals surface area contributed by atoms with Gasteiger partial charge < -0.3 is 19.6 Å². The molecule has 6 heteroatoms. The van der Waals surface area contributed by atoms with Crippen molar-refractivity contribution in [1.29, 1.82) is 0 Å². The predicted octanol–water partition coefficient (Wildman–Crippen LogP) is 5.14. The number of aryl methyl sites for hydroxylation is 3. The van der Waals surface area contributed by atoms with Crippen LogP contribution in [0.5, 0.6) is 5.75 Å². The Morgan fingerprint density at radius 2 is 1.89 bits per heavy atom. The fourth-order valence-electron chi connectivity index (χ4n) is 3.05. The predicted molar refractivity (Wildman–Crippen MR) is 113 cm³/mol. The Hall–Kier alpha value is -2.57. The van der Waals surface area contributed by atoms with Crippen LogP contribution in [0.2, 0.25) is 0 Å². The molecule has 1 amide bonds. The zero-order valence-corrected chi connectivity index (χ0v) is 17.6. The number of furan rings is 1. The van der Waals surface area contributed by atoms with Gasteiger partial charge in [0.2, 0.25) is 0 Å². The zero-order chi connectivity index (χ0) is 20.3. The van der Waals surface area contributed by atoms with E-state index in [1.165, 1.54) is 0 Å². The lowest BCUT2D eigenvalue weighted by Crippen LogP contribution is -2.20. The Kier molecular flexibility index (Phi) is 6.21. The van der Waals surface area contributed by atoms with E-state index in [0.717, 1.165) is 26.7 Å². The standard InChI is InChI=1S/C22H22BrNO4/c1-13-8-15(3)22(19(23)9-13)27-12-21(26)24-16-4-6-18(14(2)10-16)20-7-5-17(11-25)28-20/h4-10,25H,11-12H2,1-3H3,(H,24,26). The number of hydrogen-bond donors (Lipinski definition) is 2. The molecule has 0 aliphatic heterocycles. The van der Waals surface area contributed by atoms with E-state index in [1.807, 2.05) is 57.2 Å². The Balaban J connectivity index is 1.65. The fourth-order valence-corrected chi connectivity index (χ4v) is 3.83. The lowest BCUT2D eigenvalue weighted by Gasteiger charge is -2.13. The highest BCUT2D eigenvalue weighted by Gasteiger charge is 2.12. The number of nitrogens with one attached hydrogen (secondary N) is 1. The molecule has 2 N–H and O–H groups in total. The summed E-state index contributed by atoms with van der Waals surface area (Å²) in [5.41, 5.74) is 4.64. The van der Waals surface area contributed by atoms with E-state index in [9.17, 15) is 4.79 Å². The summed E-state index contributed by atoms with van der Waals surface area (Å²) in [5.74, 6) is 1.63. The lowest BCUT2D eigenvalue weighted by molar-refractivity contribution is -0.118. The second-order valence-electron chi connectivity index (χ2n) is 6.68. The second kappa shape index (κ2) is 8.63. The molecule has 0 aliphatic carbocycles. The number of hydrogen-bond acceptors (Lipinski definition) is 4. The second-order valence-corrected chi connectivity index (χ2v) is 7.54. The molecule has 0 unspecified atom stereocenters. The van der Waals surface area contributed by atoms with Gasteiger partial charge in [-0.05, 0) is 89.8 Å². The average Bonchev–Trinajstić information content (AvgIpc) is 3.09. The highest BCUT2D eigenvalue weighted by Crippen LogP contribution is 2.30. The number of carbonyl (C=O) groups is 1. The number of carbonyl (C=O) groups excluding carboxylic acids is 1. The molecule has 0 fully saturated rings. The first-order valence-electron chi connectivity index (χ1n) is 8.87. The highest BCUT2D eigenvalue weighted by atomic mass is 79.9. The van der Waals surface area contributed by atoms with Crippen LogP contribution in [0.25, 0.3) is 11.3 Å². The van der Waals surface area contributed by atoms with Crippen molar-refractivity contribution in [3.05, 3.63) is 69.4 Å². The summed E-state index contributed by atoms with van der Waals surface area (Å²) in [7, 11) is 0. The number of aliphatic hydroxyl groups is 1. The van der Waals surface area contributed by atoms with Crippen LogP contribution in [0.1, 0.15) is 22.5 Å². The number of rotatable bonds is 6. The number of aliphatic hydroxyl groups excluding tert-OH is 1. The first-order chi connectivity index (χ1) is 13.4. The van der Waals surface area contributed by atoms with E-state index in [2.05, 4.69) is 21.2 Å². The minimum atomic E-state index is -0.236. The number of anilines is 1.